The minimum absolute atomic E-state index is 0.239. The molecule has 1 atom stereocenters. The Morgan fingerprint density at radius 3 is 2.72 bits per heavy atom. The molecule has 1 fully saturated rings. The minimum Gasteiger partial charge on any atom is -0.293 e. The number of hydrogen-bond acceptors (Lipinski definition) is 2. The number of nitrogens with zero attached hydrogens (tertiary/aromatic N) is 1. The van der Waals surface area contributed by atoms with Crippen LogP contribution in [0.3, 0.4) is 0 Å². The lowest BCUT2D eigenvalue weighted by atomic mass is 9.99. The first-order chi connectivity index (χ1) is 8.70. The highest BCUT2D eigenvalue weighted by Crippen LogP contribution is 2.20. The predicted molar refractivity (Wildman–Crippen MR) is 78.0 cm³/mol. The molecule has 0 amide bonds. The Kier molecular flexibility index (Phi) is 4.95. The van der Waals surface area contributed by atoms with Gasteiger partial charge < -0.3 is 0 Å². The number of carbonyl (C=O) groups excluding carboxylic acids is 1. The summed E-state index contributed by atoms with van der Waals surface area (Å²) < 4.78 is 1.02. The van der Waals surface area contributed by atoms with E-state index in [2.05, 4.69) is 27.8 Å². The quantitative estimate of drug-likeness (QED) is 0.786. The molecule has 0 saturated carbocycles. The molecule has 1 aliphatic rings. The van der Waals surface area contributed by atoms with Crippen molar-refractivity contribution >= 4 is 21.7 Å². The van der Waals surface area contributed by atoms with Crippen LogP contribution < -0.4 is 0 Å². The van der Waals surface area contributed by atoms with Gasteiger partial charge in [0.25, 0.3) is 0 Å². The van der Waals surface area contributed by atoms with E-state index in [4.69, 9.17) is 0 Å². The van der Waals surface area contributed by atoms with E-state index in [0.717, 1.165) is 23.0 Å². The van der Waals surface area contributed by atoms with Gasteiger partial charge >= 0.3 is 0 Å². The summed E-state index contributed by atoms with van der Waals surface area (Å²) in [5.41, 5.74) is 0.818. The number of benzene rings is 1. The highest BCUT2D eigenvalue weighted by atomic mass is 79.9. The molecule has 2 nitrogen and oxygen atoms in total. The number of piperidine rings is 1. The van der Waals surface area contributed by atoms with Gasteiger partial charge in [0.1, 0.15) is 0 Å². The molecule has 18 heavy (non-hydrogen) atoms. The summed E-state index contributed by atoms with van der Waals surface area (Å²) in [6.45, 7) is 3.86. The molecular weight excluding hydrogens is 290 g/mol. The summed E-state index contributed by atoms with van der Waals surface area (Å²) >= 11 is 3.39. The second-order valence-electron chi connectivity index (χ2n) is 4.96. The van der Waals surface area contributed by atoms with Crippen LogP contribution in [-0.2, 0) is 0 Å². The van der Waals surface area contributed by atoms with Crippen molar-refractivity contribution in [1.29, 1.82) is 0 Å². The van der Waals surface area contributed by atoms with Crippen molar-refractivity contribution in [2.75, 3.05) is 13.1 Å². The van der Waals surface area contributed by atoms with Gasteiger partial charge in [-0.3, -0.25) is 9.69 Å². The third kappa shape index (κ3) is 3.42. The fourth-order valence-electron chi connectivity index (χ4n) is 2.64. The number of carbonyl (C=O) groups is 1. The number of Topliss-reactive ketones (excluding diaryl/α,β-unsaturated/α-hetero) is 1. The molecule has 0 aliphatic carbocycles. The van der Waals surface area contributed by atoms with E-state index in [9.17, 15) is 4.79 Å². The van der Waals surface area contributed by atoms with Gasteiger partial charge in [-0.2, -0.15) is 0 Å². The van der Waals surface area contributed by atoms with E-state index < -0.39 is 0 Å². The van der Waals surface area contributed by atoms with Gasteiger partial charge in [-0.05, 0) is 37.9 Å². The van der Waals surface area contributed by atoms with Gasteiger partial charge in [0, 0.05) is 16.1 Å². The van der Waals surface area contributed by atoms with Gasteiger partial charge in [-0.25, -0.2) is 0 Å². The Bertz CT molecular complexity index is 401. The third-order valence-electron chi connectivity index (χ3n) is 3.73. The summed E-state index contributed by atoms with van der Waals surface area (Å²) in [7, 11) is 0. The zero-order chi connectivity index (χ0) is 13.0. The van der Waals surface area contributed by atoms with Gasteiger partial charge in [0.05, 0.1) is 6.54 Å². The molecule has 1 unspecified atom stereocenters. The predicted octanol–water partition coefficient (Wildman–Crippen LogP) is 3.90. The maximum Gasteiger partial charge on any atom is 0.176 e. The molecule has 3 heteroatoms. The zero-order valence-electron chi connectivity index (χ0n) is 10.9. The van der Waals surface area contributed by atoms with Crippen LogP contribution in [0, 0.1) is 0 Å². The van der Waals surface area contributed by atoms with Gasteiger partial charge in [-0.1, -0.05) is 41.4 Å². The van der Waals surface area contributed by atoms with Crippen molar-refractivity contribution in [2.24, 2.45) is 0 Å². The lowest BCUT2D eigenvalue weighted by Gasteiger charge is -2.34. The molecule has 1 aromatic rings. The maximum atomic E-state index is 12.2. The maximum absolute atomic E-state index is 12.2. The average Bonchev–Trinajstić information content (AvgIpc) is 2.40. The zero-order valence-corrected chi connectivity index (χ0v) is 12.4. The van der Waals surface area contributed by atoms with E-state index in [1.165, 1.54) is 19.3 Å². The Hall–Kier alpha value is -0.670. The van der Waals surface area contributed by atoms with Crippen LogP contribution in [0.25, 0.3) is 0 Å². The van der Waals surface area contributed by atoms with Gasteiger partial charge in [0.15, 0.2) is 5.78 Å². The van der Waals surface area contributed by atoms with Crippen molar-refractivity contribution in [1.82, 2.24) is 4.90 Å². The molecule has 2 rings (SSSR count). The number of ketones is 1. The highest BCUT2D eigenvalue weighted by molar-refractivity contribution is 9.10. The summed E-state index contributed by atoms with van der Waals surface area (Å²) in [6, 6.07) is 8.26. The fourth-order valence-corrected chi connectivity index (χ4v) is 2.91. The molecule has 0 spiro atoms. The summed E-state index contributed by atoms with van der Waals surface area (Å²) in [5.74, 6) is 0.239. The van der Waals surface area contributed by atoms with Crippen molar-refractivity contribution in [3.05, 3.63) is 34.3 Å². The van der Waals surface area contributed by atoms with Crippen molar-refractivity contribution in [2.45, 2.75) is 38.6 Å². The van der Waals surface area contributed by atoms with E-state index in [1.807, 2.05) is 24.3 Å². The summed E-state index contributed by atoms with van der Waals surface area (Å²) in [6.07, 6.45) is 4.92. The number of hydrogen-bond donors (Lipinski definition) is 0. The van der Waals surface area contributed by atoms with Gasteiger partial charge in [-0.15, -0.1) is 0 Å². The molecule has 0 N–H and O–H groups in total. The van der Waals surface area contributed by atoms with Crippen LogP contribution >= 0.6 is 15.9 Å². The Morgan fingerprint density at radius 2 is 2.06 bits per heavy atom. The van der Waals surface area contributed by atoms with Crippen molar-refractivity contribution in [3.63, 3.8) is 0 Å². The lowest BCUT2D eigenvalue weighted by Crippen LogP contribution is -2.42. The Morgan fingerprint density at radius 1 is 1.33 bits per heavy atom. The van der Waals surface area contributed by atoms with Crippen LogP contribution in [0.15, 0.2) is 28.7 Å². The van der Waals surface area contributed by atoms with E-state index >= 15 is 0 Å². The molecule has 1 aromatic carbocycles. The number of rotatable bonds is 4. The first kappa shape index (κ1) is 13.8. The SMILES string of the molecule is CCC1CCCCN1CC(=O)c1ccc(Br)cc1. The van der Waals surface area contributed by atoms with E-state index in [0.29, 0.717) is 12.6 Å². The van der Waals surface area contributed by atoms with E-state index in [-0.39, 0.29) is 5.78 Å². The minimum atomic E-state index is 0.239. The number of halogens is 1. The third-order valence-corrected chi connectivity index (χ3v) is 4.26. The average molecular weight is 310 g/mol. The topological polar surface area (TPSA) is 20.3 Å². The van der Waals surface area contributed by atoms with Crippen molar-refractivity contribution < 1.29 is 4.79 Å². The molecular formula is C15H20BrNO. The first-order valence-corrected chi connectivity index (χ1v) is 7.53. The van der Waals surface area contributed by atoms with Crippen LogP contribution in [0.5, 0.6) is 0 Å². The smallest absolute Gasteiger partial charge is 0.176 e. The molecule has 0 aromatic heterocycles. The van der Waals surface area contributed by atoms with E-state index in [1.54, 1.807) is 0 Å². The largest absolute Gasteiger partial charge is 0.293 e. The molecule has 1 aliphatic heterocycles. The second kappa shape index (κ2) is 6.48. The Labute approximate surface area is 117 Å². The molecule has 0 bridgehead atoms. The van der Waals surface area contributed by atoms with Crippen LogP contribution in [0.4, 0.5) is 0 Å². The summed E-state index contributed by atoms with van der Waals surface area (Å²) in [5, 5.41) is 0. The standard InChI is InChI=1S/C15H20BrNO/c1-2-14-5-3-4-10-17(14)11-15(18)12-6-8-13(16)9-7-12/h6-9,14H,2-5,10-11H2,1H3. The number of likely N-dealkylation sites (tertiary alicyclic amines) is 1. The Balaban J connectivity index is 1.99. The molecule has 98 valence electrons. The van der Waals surface area contributed by atoms with Crippen LogP contribution in [-0.4, -0.2) is 29.8 Å². The van der Waals surface area contributed by atoms with Gasteiger partial charge in [0.2, 0.25) is 0 Å². The normalized spacial score (nSPS) is 20.9. The monoisotopic (exact) mass is 309 g/mol. The summed E-state index contributed by atoms with van der Waals surface area (Å²) in [4.78, 5) is 14.6. The van der Waals surface area contributed by atoms with Crippen LogP contribution in [0.1, 0.15) is 43.0 Å². The molecule has 0 radical (unpaired) electrons. The lowest BCUT2D eigenvalue weighted by molar-refractivity contribution is 0.0838. The van der Waals surface area contributed by atoms with Crippen molar-refractivity contribution in [3.8, 4) is 0 Å². The fraction of sp³-hybridized carbons (Fsp3) is 0.533. The molecule has 1 saturated heterocycles. The van der Waals surface area contributed by atoms with Crippen LogP contribution in [0.2, 0.25) is 0 Å². The molecule has 1 heterocycles. The highest BCUT2D eigenvalue weighted by Gasteiger charge is 2.22. The first-order valence-electron chi connectivity index (χ1n) is 6.73. The second-order valence-corrected chi connectivity index (χ2v) is 5.87.